The normalized spacial score (nSPS) is 21.4. The molecular weight excluding hydrogens is 409 g/mol. The second-order valence-corrected chi connectivity index (χ2v) is 7.79. The van der Waals surface area contributed by atoms with Crippen LogP contribution >= 0.6 is 34.8 Å². The Morgan fingerprint density at radius 1 is 1.07 bits per heavy atom. The van der Waals surface area contributed by atoms with Crippen molar-refractivity contribution in [1.29, 1.82) is 0 Å². The van der Waals surface area contributed by atoms with Crippen LogP contribution in [0.5, 0.6) is 0 Å². The van der Waals surface area contributed by atoms with Crippen molar-refractivity contribution in [2.45, 2.75) is 31.5 Å². The maximum absolute atomic E-state index is 12.7. The molecule has 2 aromatic carbocycles. The van der Waals surface area contributed by atoms with Gasteiger partial charge in [-0.2, -0.15) is 0 Å². The minimum absolute atomic E-state index is 0.0740. The standard InChI is InChI=1S/C20H20Cl3NO3/c1-2-17(10-25)24-18(26)11-27-20(13-7-15(22)9-16(23)8-13)19(24)12-3-5-14(21)6-4-12/h3-9,17,19-20,25H,2,10-11H2,1H3/t17?,19-,20-/m1/s1. The topological polar surface area (TPSA) is 49.8 Å². The van der Waals surface area contributed by atoms with Crippen LogP contribution in [0.4, 0.5) is 0 Å². The smallest absolute Gasteiger partial charge is 0.249 e. The van der Waals surface area contributed by atoms with Crippen LogP contribution in [-0.2, 0) is 9.53 Å². The van der Waals surface area contributed by atoms with Gasteiger partial charge >= 0.3 is 0 Å². The number of benzene rings is 2. The average molecular weight is 429 g/mol. The number of halogens is 3. The summed E-state index contributed by atoms with van der Waals surface area (Å²) < 4.78 is 5.93. The fourth-order valence-electron chi connectivity index (χ4n) is 3.49. The first-order valence-electron chi connectivity index (χ1n) is 8.69. The van der Waals surface area contributed by atoms with Crippen molar-refractivity contribution in [1.82, 2.24) is 4.90 Å². The van der Waals surface area contributed by atoms with Gasteiger partial charge in [-0.3, -0.25) is 4.79 Å². The van der Waals surface area contributed by atoms with Crippen molar-refractivity contribution in [3.05, 3.63) is 68.7 Å². The van der Waals surface area contributed by atoms with Crippen LogP contribution < -0.4 is 0 Å². The highest BCUT2D eigenvalue weighted by Gasteiger charge is 2.41. The third-order valence-corrected chi connectivity index (χ3v) is 5.45. The fourth-order valence-corrected chi connectivity index (χ4v) is 4.15. The molecule has 1 aliphatic heterocycles. The lowest BCUT2D eigenvalue weighted by molar-refractivity contribution is -0.165. The van der Waals surface area contributed by atoms with Crippen molar-refractivity contribution in [3.8, 4) is 0 Å². The quantitative estimate of drug-likeness (QED) is 0.724. The zero-order valence-corrected chi connectivity index (χ0v) is 17.0. The summed E-state index contributed by atoms with van der Waals surface area (Å²) in [7, 11) is 0. The Morgan fingerprint density at radius 3 is 2.26 bits per heavy atom. The Bertz CT molecular complexity index is 788. The Morgan fingerprint density at radius 2 is 1.70 bits per heavy atom. The van der Waals surface area contributed by atoms with Crippen LogP contribution in [0.1, 0.15) is 36.6 Å². The van der Waals surface area contributed by atoms with Gasteiger partial charge in [-0.15, -0.1) is 0 Å². The largest absolute Gasteiger partial charge is 0.394 e. The van der Waals surface area contributed by atoms with Crippen molar-refractivity contribution in [2.75, 3.05) is 13.2 Å². The van der Waals surface area contributed by atoms with Crippen LogP contribution in [0.3, 0.4) is 0 Å². The van der Waals surface area contributed by atoms with Gasteiger partial charge in [0, 0.05) is 15.1 Å². The highest BCUT2D eigenvalue weighted by molar-refractivity contribution is 6.34. The fraction of sp³-hybridized carbons (Fsp3) is 0.350. The Kier molecular flexibility index (Phi) is 6.66. The molecule has 1 aliphatic rings. The Labute approximate surface area is 173 Å². The van der Waals surface area contributed by atoms with E-state index in [1.165, 1.54) is 0 Å². The summed E-state index contributed by atoms with van der Waals surface area (Å²) in [6.45, 7) is 1.73. The van der Waals surface area contributed by atoms with Gasteiger partial charge in [-0.25, -0.2) is 0 Å². The highest BCUT2D eigenvalue weighted by atomic mass is 35.5. The number of aliphatic hydroxyl groups excluding tert-OH is 1. The molecule has 1 saturated heterocycles. The number of rotatable bonds is 5. The van der Waals surface area contributed by atoms with Crippen LogP contribution in [0, 0.1) is 0 Å². The number of ether oxygens (including phenoxy) is 1. The second kappa shape index (κ2) is 8.80. The summed E-state index contributed by atoms with van der Waals surface area (Å²) in [4.78, 5) is 14.4. The predicted molar refractivity (Wildman–Crippen MR) is 107 cm³/mol. The number of carbonyl (C=O) groups excluding carboxylic acids is 1. The molecule has 0 saturated carbocycles. The van der Waals surface area contributed by atoms with Gasteiger partial charge < -0.3 is 14.7 Å². The first kappa shape index (κ1) is 20.4. The minimum atomic E-state index is -0.472. The summed E-state index contributed by atoms with van der Waals surface area (Å²) in [6, 6.07) is 11.7. The van der Waals surface area contributed by atoms with E-state index in [1.807, 2.05) is 19.1 Å². The molecule has 0 radical (unpaired) electrons. The monoisotopic (exact) mass is 427 g/mol. The van der Waals surface area contributed by atoms with Crippen LogP contribution in [0.15, 0.2) is 42.5 Å². The first-order valence-corrected chi connectivity index (χ1v) is 9.83. The zero-order valence-electron chi connectivity index (χ0n) is 14.7. The van der Waals surface area contributed by atoms with Gasteiger partial charge in [-0.05, 0) is 47.9 Å². The Hall–Kier alpha value is -1.30. The number of aliphatic hydroxyl groups is 1. The molecule has 3 rings (SSSR count). The molecule has 1 heterocycles. The van der Waals surface area contributed by atoms with E-state index in [0.717, 1.165) is 11.1 Å². The van der Waals surface area contributed by atoms with E-state index in [-0.39, 0.29) is 25.2 Å². The summed E-state index contributed by atoms with van der Waals surface area (Å²) in [5.74, 6) is -0.166. The van der Waals surface area contributed by atoms with Crippen LogP contribution in [0.25, 0.3) is 0 Å². The van der Waals surface area contributed by atoms with E-state index in [0.29, 0.717) is 21.5 Å². The van der Waals surface area contributed by atoms with Crippen LogP contribution in [-0.4, -0.2) is 35.2 Å². The lowest BCUT2D eigenvalue weighted by atomic mass is 9.91. The molecule has 4 nitrogen and oxygen atoms in total. The molecule has 27 heavy (non-hydrogen) atoms. The summed E-state index contributed by atoms with van der Waals surface area (Å²) in [6.07, 6.45) is 0.149. The van der Waals surface area contributed by atoms with E-state index in [4.69, 9.17) is 39.5 Å². The van der Waals surface area contributed by atoms with Gasteiger partial charge in [0.2, 0.25) is 5.91 Å². The van der Waals surface area contributed by atoms with Crippen molar-refractivity contribution in [2.24, 2.45) is 0 Å². The van der Waals surface area contributed by atoms with Crippen molar-refractivity contribution >= 4 is 40.7 Å². The number of nitrogens with zero attached hydrogens (tertiary/aromatic N) is 1. The maximum Gasteiger partial charge on any atom is 0.249 e. The van der Waals surface area contributed by atoms with Crippen molar-refractivity contribution in [3.63, 3.8) is 0 Å². The number of amides is 1. The summed E-state index contributed by atoms with van der Waals surface area (Å²) >= 11 is 18.4. The number of hydrogen-bond acceptors (Lipinski definition) is 3. The molecule has 1 unspecified atom stereocenters. The van der Waals surface area contributed by atoms with Gasteiger partial charge in [0.15, 0.2) is 0 Å². The molecule has 1 fully saturated rings. The molecule has 0 aliphatic carbocycles. The zero-order chi connectivity index (χ0) is 19.6. The molecule has 0 aromatic heterocycles. The summed E-state index contributed by atoms with van der Waals surface area (Å²) in [5.41, 5.74) is 1.64. The second-order valence-electron chi connectivity index (χ2n) is 6.48. The molecule has 2 aromatic rings. The van der Waals surface area contributed by atoms with Crippen LogP contribution in [0.2, 0.25) is 15.1 Å². The number of morpholine rings is 1. The van der Waals surface area contributed by atoms with E-state index < -0.39 is 12.1 Å². The van der Waals surface area contributed by atoms with Gasteiger partial charge in [0.05, 0.1) is 18.7 Å². The van der Waals surface area contributed by atoms with E-state index in [1.54, 1.807) is 35.2 Å². The molecule has 144 valence electrons. The molecule has 0 spiro atoms. The minimum Gasteiger partial charge on any atom is -0.394 e. The third kappa shape index (κ3) is 4.41. The van der Waals surface area contributed by atoms with Crippen molar-refractivity contribution < 1.29 is 14.6 Å². The molecule has 1 N–H and O–H groups in total. The highest BCUT2D eigenvalue weighted by Crippen LogP contribution is 2.42. The Balaban J connectivity index is 2.12. The summed E-state index contributed by atoms with van der Waals surface area (Å²) in [5, 5.41) is 11.4. The van der Waals surface area contributed by atoms with Gasteiger partial charge in [-0.1, -0.05) is 53.9 Å². The third-order valence-electron chi connectivity index (χ3n) is 4.76. The van der Waals surface area contributed by atoms with E-state index in [9.17, 15) is 9.90 Å². The predicted octanol–water partition coefficient (Wildman–Crippen LogP) is 5.06. The van der Waals surface area contributed by atoms with Gasteiger partial charge in [0.25, 0.3) is 0 Å². The SMILES string of the molecule is CCC(CO)N1C(=O)CO[C@H](c2cc(Cl)cc(Cl)c2)[C@H]1c1ccc(Cl)cc1. The lowest BCUT2D eigenvalue weighted by Crippen LogP contribution is -2.51. The molecule has 0 bridgehead atoms. The molecule has 7 heteroatoms. The average Bonchev–Trinajstić information content (AvgIpc) is 2.63. The maximum atomic E-state index is 12.7. The molecular formula is C20H20Cl3NO3. The molecule has 3 atom stereocenters. The van der Waals surface area contributed by atoms with Gasteiger partial charge in [0.1, 0.15) is 12.7 Å². The van der Waals surface area contributed by atoms with E-state index in [2.05, 4.69) is 0 Å². The number of carbonyl (C=O) groups is 1. The molecule has 1 amide bonds. The van der Waals surface area contributed by atoms with E-state index >= 15 is 0 Å². The lowest BCUT2D eigenvalue weighted by Gasteiger charge is -2.45. The first-order chi connectivity index (χ1) is 12.9. The number of hydrogen-bond donors (Lipinski definition) is 1.